The van der Waals surface area contributed by atoms with E-state index in [1.54, 1.807) is 24.3 Å². The molecule has 0 bridgehead atoms. The molecule has 6 heteroatoms. The van der Waals surface area contributed by atoms with E-state index in [1.165, 1.54) is 4.90 Å². The molecule has 1 amide bonds. The lowest BCUT2D eigenvalue weighted by molar-refractivity contribution is -0.148. The Morgan fingerprint density at radius 1 is 1.50 bits per heavy atom. The van der Waals surface area contributed by atoms with Gasteiger partial charge in [-0.2, -0.15) is 0 Å². The van der Waals surface area contributed by atoms with Crippen LogP contribution in [-0.2, 0) is 9.59 Å². The predicted molar refractivity (Wildman–Crippen MR) is 68.8 cm³/mol. The van der Waals surface area contributed by atoms with E-state index >= 15 is 0 Å². The monoisotopic (exact) mass is 312 g/mol. The van der Waals surface area contributed by atoms with Crippen molar-refractivity contribution in [1.82, 2.24) is 4.90 Å². The first-order chi connectivity index (χ1) is 8.50. The molecule has 3 N–H and O–H groups in total. The van der Waals surface area contributed by atoms with Gasteiger partial charge in [-0.05, 0) is 6.07 Å². The van der Waals surface area contributed by atoms with E-state index in [0.717, 1.165) is 0 Å². The Hall–Kier alpha value is -1.40. The molecule has 96 valence electrons. The summed E-state index contributed by atoms with van der Waals surface area (Å²) in [5.74, 6) is -1.27. The SMILES string of the molecule is NC1CC(=O)N(C(C(=O)O)c2ccccc2Br)C1. The van der Waals surface area contributed by atoms with Crippen molar-refractivity contribution in [3.8, 4) is 0 Å². The van der Waals surface area contributed by atoms with Crippen LogP contribution in [0.15, 0.2) is 28.7 Å². The summed E-state index contributed by atoms with van der Waals surface area (Å²) < 4.78 is 0.672. The lowest BCUT2D eigenvalue weighted by Gasteiger charge is -2.25. The van der Waals surface area contributed by atoms with Crippen molar-refractivity contribution in [1.29, 1.82) is 0 Å². The highest BCUT2D eigenvalue weighted by Crippen LogP contribution is 2.30. The number of carbonyl (C=O) groups excluding carboxylic acids is 1. The standard InChI is InChI=1S/C12H13BrN2O3/c13-9-4-2-1-3-8(9)11(12(17)18)15-6-7(14)5-10(15)16/h1-4,7,11H,5-6,14H2,(H,17,18). The van der Waals surface area contributed by atoms with Crippen LogP contribution < -0.4 is 5.73 Å². The van der Waals surface area contributed by atoms with Crippen molar-refractivity contribution in [3.05, 3.63) is 34.3 Å². The summed E-state index contributed by atoms with van der Waals surface area (Å²) in [7, 11) is 0. The number of likely N-dealkylation sites (tertiary alicyclic amines) is 1. The van der Waals surface area contributed by atoms with Gasteiger partial charge in [0, 0.05) is 29.0 Å². The fourth-order valence-corrected chi connectivity index (χ4v) is 2.64. The lowest BCUT2D eigenvalue weighted by Crippen LogP contribution is -2.36. The molecule has 1 aliphatic rings. The van der Waals surface area contributed by atoms with Gasteiger partial charge < -0.3 is 15.7 Å². The molecule has 1 fully saturated rings. The number of hydrogen-bond donors (Lipinski definition) is 2. The van der Waals surface area contributed by atoms with Crippen LogP contribution in [-0.4, -0.2) is 34.5 Å². The number of carboxylic acid groups (broad SMARTS) is 1. The molecule has 0 radical (unpaired) electrons. The average molecular weight is 313 g/mol. The highest BCUT2D eigenvalue weighted by atomic mass is 79.9. The summed E-state index contributed by atoms with van der Waals surface area (Å²) in [5.41, 5.74) is 6.26. The van der Waals surface area contributed by atoms with E-state index in [9.17, 15) is 14.7 Å². The molecule has 2 atom stereocenters. The van der Waals surface area contributed by atoms with Crippen LogP contribution in [0, 0.1) is 0 Å². The molecule has 2 unspecified atom stereocenters. The Balaban J connectivity index is 2.38. The molecule has 0 aromatic heterocycles. The first-order valence-corrected chi connectivity index (χ1v) is 6.32. The maximum Gasteiger partial charge on any atom is 0.331 e. The molecule has 1 aromatic carbocycles. The maximum atomic E-state index is 11.8. The number of rotatable bonds is 3. The third-order valence-electron chi connectivity index (χ3n) is 2.93. The number of carboxylic acids is 1. The largest absolute Gasteiger partial charge is 0.479 e. The summed E-state index contributed by atoms with van der Waals surface area (Å²) in [4.78, 5) is 24.5. The van der Waals surface area contributed by atoms with Gasteiger partial charge in [0.05, 0.1) is 0 Å². The van der Waals surface area contributed by atoms with E-state index in [1.807, 2.05) is 0 Å². The second kappa shape index (κ2) is 5.07. The summed E-state index contributed by atoms with van der Waals surface area (Å²) in [6, 6.07) is 5.72. The van der Waals surface area contributed by atoms with E-state index in [0.29, 0.717) is 10.0 Å². The minimum Gasteiger partial charge on any atom is -0.479 e. The van der Waals surface area contributed by atoms with Gasteiger partial charge in [-0.15, -0.1) is 0 Å². The summed E-state index contributed by atoms with van der Waals surface area (Å²) >= 11 is 3.31. The van der Waals surface area contributed by atoms with E-state index < -0.39 is 12.0 Å². The van der Waals surface area contributed by atoms with Crippen LogP contribution in [0.3, 0.4) is 0 Å². The first-order valence-electron chi connectivity index (χ1n) is 5.53. The number of aliphatic carboxylic acids is 1. The Bertz CT molecular complexity index is 492. The molecule has 1 saturated heterocycles. The Morgan fingerprint density at radius 3 is 2.67 bits per heavy atom. The van der Waals surface area contributed by atoms with Crippen molar-refractivity contribution < 1.29 is 14.7 Å². The van der Waals surface area contributed by atoms with Crippen molar-refractivity contribution in [2.75, 3.05) is 6.54 Å². The van der Waals surface area contributed by atoms with Gasteiger partial charge in [-0.3, -0.25) is 4.79 Å². The number of nitrogens with two attached hydrogens (primary N) is 1. The molecule has 1 aliphatic heterocycles. The minimum absolute atomic E-state index is 0.203. The summed E-state index contributed by atoms with van der Waals surface area (Å²) in [6.45, 7) is 0.275. The van der Waals surface area contributed by atoms with Gasteiger partial charge in [0.15, 0.2) is 6.04 Å². The number of halogens is 1. The number of carbonyl (C=O) groups is 2. The molecule has 2 rings (SSSR count). The smallest absolute Gasteiger partial charge is 0.331 e. The highest BCUT2D eigenvalue weighted by Gasteiger charge is 2.37. The van der Waals surface area contributed by atoms with Gasteiger partial charge in [0.2, 0.25) is 5.91 Å². The quantitative estimate of drug-likeness (QED) is 0.876. The molecule has 0 saturated carbocycles. The van der Waals surface area contributed by atoms with E-state index in [2.05, 4.69) is 15.9 Å². The van der Waals surface area contributed by atoms with Crippen LogP contribution in [0.1, 0.15) is 18.0 Å². The fourth-order valence-electron chi connectivity index (χ4n) is 2.14. The van der Waals surface area contributed by atoms with Crippen LogP contribution >= 0.6 is 15.9 Å². The molecule has 0 spiro atoms. The summed E-state index contributed by atoms with van der Waals surface area (Å²) in [5, 5.41) is 9.36. The Labute approximate surface area is 113 Å². The number of hydrogen-bond acceptors (Lipinski definition) is 3. The molecule has 1 aromatic rings. The normalized spacial score (nSPS) is 21.1. The van der Waals surface area contributed by atoms with Gasteiger partial charge >= 0.3 is 5.97 Å². The Morgan fingerprint density at radius 2 is 2.17 bits per heavy atom. The first kappa shape index (κ1) is 13.0. The number of amides is 1. The maximum absolute atomic E-state index is 11.8. The predicted octanol–water partition coefficient (Wildman–Crippen LogP) is 1.13. The zero-order valence-corrected chi connectivity index (χ0v) is 11.1. The van der Waals surface area contributed by atoms with Crippen molar-refractivity contribution in [2.45, 2.75) is 18.5 Å². The van der Waals surface area contributed by atoms with Gasteiger partial charge in [0.25, 0.3) is 0 Å². The number of benzene rings is 1. The van der Waals surface area contributed by atoms with Crippen LogP contribution in [0.4, 0.5) is 0 Å². The zero-order chi connectivity index (χ0) is 13.3. The second-order valence-electron chi connectivity index (χ2n) is 4.27. The summed E-state index contributed by atoms with van der Waals surface area (Å²) in [6.07, 6.45) is 0.203. The highest BCUT2D eigenvalue weighted by molar-refractivity contribution is 9.10. The van der Waals surface area contributed by atoms with E-state index in [-0.39, 0.29) is 24.9 Å². The lowest BCUT2D eigenvalue weighted by atomic mass is 10.1. The van der Waals surface area contributed by atoms with Crippen molar-refractivity contribution in [3.63, 3.8) is 0 Å². The molecular weight excluding hydrogens is 300 g/mol. The van der Waals surface area contributed by atoms with Gasteiger partial charge in [-0.25, -0.2) is 4.79 Å². The second-order valence-corrected chi connectivity index (χ2v) is 5.13. The molecule has 5 nitrogen and oxygen atoms in total. The van der Waals surface area contributed by atoms with Crippen molar-refractivity contribution >= 4 is 27.8 Å². The van der Waals surface area contributed by atoms with Crippen LogP contribution in [0.5, 0.6) is 0 Å². The molecule has 0 aliphatic carbocycles. The molecular formula is C12H13BrN2O3. The van der Waals surface area contributed by atoms with Gasteiger partial charge in [-0.1, -0.05) is 34.1 Å². The van der Waals surface area contributed by atoms with E-state index in [4.69, 9.17) is 5.73 Å². The fraction of sp³-hybridized carbons (Fsp3) is 0.333. The Kier molecular flexibility index (Phi) is 3.68. The van der Waals surface area contributed by atoms with Gasteiger partial charge in [0.1, 0.15) is 0 Å². The zero-order valence-electron chi connectivity index (χ0n) is 9.54. The molecule has 18 heavy (non-hydrogen) atoms. The molecule has 1 heterocycles. The topological polar surface area (TPSA) is 83.6 Å². The van der Waals surface area contributed by atoms with Crippen molar-refractivity contribution in [2.24, 2.45) is 5.73 Å². The van der Waals surface area contributed by atoms with Crippen LogP contribution in [0.25, 0.3) is 0 Å². The minimum atomic E-state index is -1.05. The van der Waals surface area contributed by atoms with Crippen LogP contribution in [0.2, 0.25) is 0 Å². The third-order valence-corrected chi connectivity index (χ3v) is 3.66. The third kappa shape index (κ3) is 2.39. The average Bonchev–Trinajstić information content (AvgIpc) is 2.61. The number of nitrogens with zero attached hydrogens (tertiary/aromatic N) is 1.